The maximum atomic E-state index is 13.4. The fourth-order valence-electron chi connectivity index (χ4n) is 5.52. The van der Waals surface area contributed by atoms with Crippen molar-refractivity contribution in [1.82, 2.24) is 24.5 Å². The summed E-state index contributed by atoms with van der Waals surface area (Å²) >= 11 is 0. The Kier molecular flexibility index (Phi) is 6.79. The minimum atomic E-state index is -0.593. The fraction of sp³-hybridized carbons (Fsp3) is 0.194. The molecule has 1 saturated heterocycles. The van der Waals surface area contributed by atoms with Crippen LogP contribution < -0.4 is 21.9 Å². The molecule has 1 aliphatic heterocycles. The lowest BCUT2D eigenvalue weighted by atomic mass is 9.94. The van der Waals surface area contributed by atoms with Crippen LogP contribution in [0.5, 0.6) is 0 Å². The second-order valence-electron chi connectivity index (χ2n) is 10.1. The van der Waals surface area contributed by atoms with Gasteiger partial charge >= 0.3 is 0 Å². The number of amides is 1. The molecule has 0 bridgehead atoms. The maximum Gasteiger partial charge on any atom is 0.268 e. The fourth-order valence-corrected chi connectivity index (χ4v) is 5.52. The van der Waals surface area contributed by atoms with Crippen LogP contribution >= 0.6 is 0 Å². The van der Waals surface area contributed by atoms with E-state index < -0.39 is 11.5 Å². The van der Waals surface area contributed by atoms with Gasteiger partial charge in [-0.15, -0.1) is 0 Å². The van der Waals surface area contributed by atoms with E-state index in [1.165, 1.54) is 17.0 Å². The summed E-state index contributed by atoms with van der Waals surface area (Å²) in [6.07, 6.45) is 3.50. The van der Waals surface area contributed by atoms with Crippen LogP contribution in [0.25, 0.3) is 22.3 Å². The van der Waals surface area contributed by atoms with Crippen molar-refractivity contribution in [3.05, 3.63) is 106 Å². The third-order valence-electron chi connectivity index (χ3n) is 7.65. The first-order valence-corrected chi connectivity index (χ1v) is 13.4. The van der Waals surface area contributed by atoms with Gasteiger partial charge in [0.2, 0.25) is 0 Å². The van der Waals surface area contributed by atoms with E-state index >= 15 is 0 Å². The highest BCUT2D eigenvalue weighted by Gasteiger charge is 2.23. The molecule has 4 heterocycles. The molecule has 0 saturated carbocycles. The molecule has 6 rings (SSSR count). The van der Waals surface area contributed by atoms with Crippen LogP contribution in [0.1, 0.15) is 46.1 Å². The van der Waals surface area contributed by atoms with Crippen LogP contribution in [-0.4, -0.2) is 38.2 Å². The monoisotopic (exact) mass is 544 g/mol. The van der Waals surface area contributed by atoms with Crippen LogP contribution in [0, 0.1) is 18.3 Å². The quantitative estimate of drug-likeness (QED) is 0.303. The highest BCUT2D eigenvalue weighted by molar-refractivity contribution is 6.04. The van der Waals surface area contributed by atoms with E-state index in [0.717, 1.165) is 48.3 Å². The molecule has 41 heavy (non-hydrogen) atoms. The van der Waals surface area contributed by atoms with Gasteiger partial charge in [0.15, 0.2) is 5.82 Å². The van der Waals surface area contributed by atoms with E-state index in [9.17, 15) is 14.9 Å². The van der Waals surface area contributed by atoms with Crippen LogP contribution in [0.15, 0.2) is 77.9 Å². The number of nitrogens with zero attached hydrogens (tertiary/aromatic N) is 5. The zero-order valence-electron chi connectivity index (χ0n) is 22.5. The van der Waals surface area contributed by atoms with E-state index in [0.29, 0.717) is 28.8 Å². The molecular formula is C31H28N8O2. The van der Waals surface area contributed by atoms with Crippen molar-refractivity contribution >= 4 is 22.9 Å². The summed E-state index contributed by atoms with van der Waals surface area (Å²) in [5, 5.41) is 20.4. The third kappa shape index (κ3) is 4.73. The summed E-state index contributed by atoms with van der Waals surface area (Å²) in [4.78, 5) is 30.9. The molecule has 10 heteroatoms. The Labute approximate surface area is 236 Å². The van der Waals surface area contributed by atoms with Gasteiger partial charge in [-0.3, -0.25) is 14.2 Å². The summed E-state index contributed by atoms with van der Waals surface area (Å²) < 4.78 is 3.28. The summed E-state index contributed by atoms with van der Waals surface area (Å²) in [5.41, 5.74) is 11.2. The molecule has 0 unspecified atom stereocenters. The van der Waals surface area contributed by atoms with Gasteiger partial charge in [0, 0.05) is 34.2 Å². The molecule has 3 aromatic heterocycles. The average Bonchev–Trinajstić information content (AvgIpc) is 3.40. The van der Waals surface area contributed by atoms with Gasteiger partial charge in [0.1, 0.15) is 23.5 Å². The summed E-state index contributed by atoms with van der Waals surface area (Å²) in [6, 6.07) is 21.9. The molecule has 1 aliphatic rings. The number of nitrogens with two attached hydrogens (primary N) is 1. The smallest absolute Gasteiger partial charge is 0.268 e. The second-order valence-corrected chi connectivity index (χ2v) is 10.1. The first kappa shape index (κ1) is 26.0. The average molecular weight is 545 g/mol. The summed E-state index contributed by atoms with van der Waals surface area (Å²) in [7, 11) is 0. The zero-order chi connectivity index (χ0) is 28.5. The molecule has 2 aromatic carbocycles. The number of hydrogen-bond acceptors (Lipinski definition) is 7. The number of piperidine rings is 1. The minimum absolute atomic E-state index is 0.116. The molecule has 1 amide bonds. The molecule has 4 N–H and O–H groups in total. The van der Waals surface area contributed by atoms with E-state index in [1.807, 2.05) is 22.7 Å². The van der Waals surface area contributed by atoms with Gasteiger partial charge in [0.25, 0.3) is 11.5 Å². The predicted octanol–water partition coefficient (Wildman–Crippen LogP) is 4.03. The number of rotatable bonds is 5. The van der Waals surface area contributed by atoms with Gasteiger partial charge < -0.3 is 16.4 Å². The van der Waals surface area contributed by atoms with E-state index in [-0.39, 0.29) is 11.1 Å². The maximum absolute atomic E-state index is 13.4. The summed E-state index contributed by atoms with van der Waals surface area (Å²) in [6.45, 7) is 3.60. The lowest BCUT2D eigenvalue weighted by Gasteiger charge is -2.22. The van der Waals surface area contributed by atoms with Crippen LogP contribution in [0.4, 0.5) is 11.5 Å². The number of benzene rings is 2. The van der Waals surface area contributed by atoms with Gasteiger partial charge in [-0.05, 0) is 74.8 Å². The Balaban J connectivity index is 1.32. The Bertz CT molecular complexity index is 1860. The molecule has 0 atom stereocenters. The van der Waals surface area contributed by atoms with Crippen molar-refractivity contribution < 1.29 is 4.79 Å². The summed E-state index contributed by atoms with van der Waals surface area (Å²) in [5.74, 6) is 0.164. The molecule has 0 spiro atoms. The Hall–Kier alpha value is -5.27. The number of nitrogen functional groups attached to an aromatic ring is 1. The van der Waals surface area contributed by atoms with Crippen molar-refractivity contribution in [3.63, 3.8) is 0 Å². The van der Waals surface area contributed by atoms with Crippen molar-refractivity contribution in [2.45, 2.75) is 25.7 Å². The molecule has 0 aliphatic carbocycles. The zero-order valence-corrected chi connectivity index (χ0v) is 22.5. The molecule has 0 radical (unpaired) electrons. The Morgan fingerprint density at radius 3 is 2.54 bits per heavy atom. The van der Waals surface area contributed by atoms with Crippen molar-refractivity contribution in [1.29, 1.82) is 5.26 Å². The second kappa shape index (κ2) is 10.7. The van der Waals surface area contributed by atoms with E-state index in [1.54, 1.807) is 43.3 Å². The van der Waals surface area contributed by atoms with Crippen LogP contribution in [0.3, 0.4) is 0 Å². The normalized spacial score (nSPS) is 13.7. The van der Waals surface area contributed by atoms with Crippen molar-refractivity contribution in [2.24, 2.45) is 0 Å². The van der Waals surface area contributed by atoms with Gasteiger partial charge in [-0.25, -0.2) is 9.50 Å². The molecule has 10 nitrogen and oxygen atoms in total. The van der Waals surface area contributed by atoms with Gasteiger partial charge in [-0.2, -0.15) is 10.4 Å². The lowest BCUT2D eigenvalue weighted by molar-refractivity contribution is 0.102. The van der Waals surface area contributed by atoms with Gasteiger partial charge in [-0.1, -0.05) is 30.3 Å². The third-order valence-corrected chi connectivity index (χ3v) is 7.65. The number of para-hydroxylation sites is 1. The molecular weight excluding hydrogens is 516 g/mol. The predicted molar refractivity (Wildman–Crippen MR) is 157 cm³/mol. The van der Waals surface area contributed by atoms with Crippen LogP contribution in [0.2, 0.25) is 0 Å². The van der Waals surface area contributed by atoms with Crippen LogP contribution in [-0.2, 0) is 0 Å². The number of hydrogen-bond donors (Lipinski definition) is 3. The number of anilines is 2. The SMILES string of the molecule is Cc1c(C#N)cc(C(=O)Nc2ccc(-c3cc(C4CCNCC4)n4ncnc(N)c34)cc2)c(=O)n1-c1ccccc1. The topological polar surface area (TPSA) is 143 Å². The molecule has 1 fully saturated rings. The van der Waals surface area contributed by atoms with E-state index in [4.69, 9.17) is 5.73 Å². The highest BCUT2D eigenvalue weighted by atomic mass is 16.2. The van der Waals surface area contributed by atoms with Gasteiger partial charge in [0.05, 0.1) is 5.56 Å². The number of fused-ring (bicyclic) bond motifs is 1. The highest BCUT2D eigenvalue weighted by Crippen LogP contribution is 2.36. The number of carbonyl (C=O) groups is 1. The first-order chi connectivity index (χ1) is 20.0. The standard InChI is InChI=1S/C31H28N8O2/c1-19-22(17-32)15-26(31(41)38(19)24-5-3-2-4-6-24)30(40)37-23-9-7-20(8-10-23)25-16-27(21-11-13-34-14-12-21)39-28(25)29(33)35-18-36-39/h2-10,15-16,18,21,34H,11-14H2,1H3,(H,37,40)(H2,33,35,36). The Morgan fingerprint density at radius 1 is 1.10 bits per heavy atom. The largest absolute Gasteiger partial charge is 0.382 e. The first-order valence-electron chi connectivity index (χ1n) is 13.4. The number of aromatic nitrogens is 4. The van der Waals surface area contributed by atoms with E-state index in [2.05, 4.69) is 32.9 Å². The molecule has 204 valence electrons. The Morgan fingerprint density at radius 2 is 1.83 bits per heavy atom. The van der Waals surface area contributed by atoms with Crippen molar-refractivity contribution in [2.75, 3.05) is 24.1 Å². The number of pyridine rings is 1. The number of nitrogens with one attached hydrogen (secondary N) is 2. The molecule has 5 aromatic rings. The number of carbonyl (C=O) groups excluding carboxylic acids is 1. The minimum Gasteiger partial charge on any atom is -0.382 e. The van der Waals surface area contributed by atoms with Crippen molar-refractivity contribution in [3.8, 4) is 22.9 Å². The number of nitriles is 1. The lowest BCUT2D eigenvalue weighted by Crippen LogP contribution is -2.30.